The van der Waals surface area contributed by atoms with Crippen molar-refractivity contribution in [3.05, 3.63) is 54.5 Å². The molecule has 0 atom stereocenters. The molecule has 11 heteroatoms. The Bertz CT molecular complexity index is 1260. The molecule has 1 fully saturated rings. The number of imidazole rings is 1. The summed E-state index contributed by atoms with van der Waals surface area (Å²) in [6, 6.07) is 12.2. The molecule has 0 radical (unpaired) electrons. The van der Waals surface area contributed by atoms with Gasteiger partial charge in [0.1, 0.15) is 18.0 Å². The number of nitrogens with one attached hydrogen (secondary N) is 4. The number of aromatic nitrogens is 5. The largest absolute Gasteiger partial charge is 0.385 e. The molecule has 0 bridgehead atoms. The van der Waals surface area contributed by atoms with E-state index in [0.717, 1.165) is 79.6 Å². The Morgan fingerprint density at radius 2 is 1.92 bits per heavy atom. The number of anilines is 3. The van der Waals surface area contributed by atoms with E-state index in [-0.39, 0.29) is 12.4 Å². The number of methoxy groups -OCH3 is 1. The lowest BCUT2D eigenvalue weighted by Crippen LogP contribution is -2.42. The number of nitrogens with zero attached hydrogens (tertiary/aromatic N) is 5. The zero-order valence-electron chi connectivity index (χ0n) is 20.3. The van der Waals surface area contributed by atoms with E-state index in [2.05, 4.69) is 64.0 Å². The fourth-order valence-electron chi connectivity index (χ4n) is 4.16. The number of hydrogen-bond acceptors (Lipinski definition) is 9. The number of fused-ring (bicyclic) bond motifs is 1. The molecule has 4 N–H and O–H groups in total. The van der Waals surface area contributed by atoms with Crippen molar-refractivity contribution in [1.82, 2.24) is 35.1 Å². The molecule has 0 aliphatic carbocycles. The van der Waals surface area contributed by atoms with Crippen molar-refractivity contribution >= 4 is 41.0 Å². The molecule has 0 spiro atoms. The topological polar surface area (TPSA) is 116 Å². The first kappa shape index (κ1) is 25.8. The van der Waals surface area contributed by atoms with Crippen LogP contribution in [0.3, 0.4) is 0 Å². The summed E-state index contributed by atoms with van der Waals surface area (Å²) in [6.07, 6.45) is 4.34. The second-order valence-electron chi connectivity index (χ2n) is 8.58. The second kappa shape index (κ2) is 12.6. The average molecular weight is 510 g/mol. The van der Waals surface area contributed by atoms with Gasteiger partial charge in [-0.3, -0.25) is 4.90 Å². The fourth-order valence-corrected chi connectivity index (χ4v) is 4.16. The molecule has 1 aliphatic heterocycles. The molecule has 0 saturated carbocycles. The van der Waals surface area contributed by atoms with Gasteiger partial charge in [-0.15, -0.1) is 12.4 Å². The lowest BCUT2D eigenvalue weighted by atomic mass is 10.1. The van der Waals surface area contributed by atoms with E-state index in [9.17, 15) is 0 Å². The maximum absolute atomic E-state index is 5.09. The van der Waals surface area contributed by atoms with Crippen molar-refractivity contribution in [2.45, 2.75) is 13.0 Å². The van der Waals surface area contributed by atoms with Gasteiger partial charge < -0.3 is 25.7 Å². The third-order valence-corrected chi connectivity index (χ3v) is 5.96. The first-order valence-electron chi connectivity index (χ1n) is 12.0. The van der Waals surface area contributed by atoms with Crippen LogP contribution in [0.15, 0.2) is 48.9 Å². The first-order valence-corrected chi connectivity index (χ1v) is 12.0. The second-order valence-corrected chi connectivity index (χ2v) is 8.58. The minimum absolute atomic E-state index is 0. The van der Waals surface area contributed by atoms with Gasteiger partial charge in [0, 0.05) is 70.8 Å². The van der Waals surface area contributed by atoms with Gasteiger partial charge in [0.25, 0.3) is 0 Å². The summed E-state index contributed by atoms with van der Waals surface area (Å²) >= 11 is 0. The van der Waals surface area contributed by atoms with Crippen LogP contribution in [-0.4, -0.2) is 76.3 Å². The maximum Gasteiger partial charge on any atom is 0.206 e. The van der Waals surface area contributed by atoms with E-state index in [1.54, 1.807) is 13.4 Å². The highest BCUT2D eigenvalue weighted by Gasteiger charge is 2.11. The highest BCUT2D eigenvalue weighted by molar-refractivity contribution is 5.85. The predicted octanol–water partition coefficient (Wildman–Crippen LogP) is 3.43. The zero-order chi connectivity index (χ0) is 23.9. The highest BCUT2D eigenvalue weighted by atomic mass is 35.5. The summed E-state index contributed by atoms with van der Waals surface area (Å²) in [7, 11) is 1.71. The normalized spacial score (nSPS) is 13.9. The molecule has 0 unspecified atom stereocenters. The van der Waals surface area contributed by atoms with E-state index in [1.165, 1.54) is 5.56 Å². The van der Waals surface area contributed by atoms with Gasteiger partial charge in [-0.25, -0.2) is 19.9 Å². The minimum atomic E-state index is 0. The van der Waals surface area contributed by atoms with Gasteiger partial charge in [0.05, 0.1) is 16.7 Å². The zero-order valence-corrected chi connectivity index (χ0v) is 21.1. The first-order chi connectivity index (χ1) is 17.3. The molecular formula is C25H32ClN9O. The quantitative estimate of drug-likeness (QED) is 0.238. The van der Waals surface area contributed by atoms with Gasteiger partial charge in [0.15, 0.2) is 0 Å². The number of piperazine rings is 1. The van der Waals surface area contributed by atoms with Gasteiger partial charge in [0.2, 0.25) is 5.95 Å². The SMILES string of the molecule is COCCCNc1cc(-c2ccc3nc(Nc4cc(CN5CCNCC5)ccn4)[nH]c3c2)ncn1.Cl. The molecule has 36 heavy (non-hydrogen) atoms. The Balaban J connectivity index is 0.00000304. The summed E-state index contributed by atoms with van der Waals surface area (Å²) in [5, 5.41) is 10.0. The molecule has 3 aromatic heterocycles. The van der Waals surface area contributed by atoms with Crippen LogP contribution in [0, 0.1) is 0 Å². The van der Waals surface area contributed by atoms with Crippen LogP contribution < -0.4 is 16.0 Å². The Morgan fingerprint density at radius 3 is 2.78 bits per heavy atom. The number of hydrogen-bond donors (Lipinski definition) is 4. The van der Waals surface area contributed by atoms with Crippen molar-refractivity contribution in [2.75, 3.05) is 57.1 Å². The van der Waals surface area contributed by atoms with Gasteiger partial charge in [-0.2, -0.15) is 0 Å². The van der Waals surface area contributed by atoms with Crippen molar-refractivity contribution in [3.63, 3.8) is 0 Å². The lowest BCUT2D eigenvalue weighted by molar-refractivity contribution is 0.198. The number of aromatic amines is 1. The number of H-pyrrole nitrogens is 1. The standard InChI is InChI=1S/C25H31N9O.ClH/c1-35-12-2-6-27-23-15-21(29-17-30-23)19-3-4-20-22(14-19)32-25(31-20)33-24-13-18(5-7-28-24)16-34-10-8-26-9-11-34;/h3-5,7,13-15,17,26H,2,6,8-12,16H2,1H3,(H,27,29,30)(H2,28,31,32,33);1H. The molecule has 0 amide bonds. The van der Waals surface area contributed by atoms with Crippen LogP contribution in [0.25, 0.3) is 22.3 Å². The monoisotopic (exact) mass is 509 g/mol. The Morgan fingerprint density at radius 1 is 1.03 bits per heavy atom. The third kappa shape index (κ3) is 6.67. The molecule has 1 aliphatic rings. The molecule has 4 aromatic rings. The van der Waals surface area contributed by atoms with E-state index in [0.29, 0.717) is 12.6 Å². The number of rotatable bonds is 10. The van der Waals surface area contributed by atoms with Crippen LogP contribution in [0.5, 0.6) is 0 Å². The Kier molecular flexibility index (Phi) is 9.01. The van der Waals surface area contributed by atoms with E-state index in [4.69, 9.17) is 4.74 Å². The maximum atomic E-state index is 5.09. The molecule has 4 heterocycles. The lowest BCUT2D eigenvalue weighted by Gasteiger charge is -2.27. The van der Waals surface area contributed by atoms with E-state index in [1.807, 2.05) is 24.4 Å². The summed E-state index contributed by atoms with van der Waals surface area (Å²) in [5.74, 6) is 2.23. The summed E-state index contributed by atoms with van der Waals surface area (Å²) in [6.45, 7) is 6.64. The van der Waals surface area contributed by atoms with Crippen molar-refractivity contribution < 1.29 is 4.74 Å². The van der Waals surface area contributed by atoms with E-state index >= 15 is 0 Å². The number of benzene rings is 1. The van der Waals surface area contributed by atoms with Crippen LogP contribution in [-0.2, 0) is 11.3 Å². The highest BCUT2D eigenvalue weighted by Crippen LogP contribution is 2.25. The summed E-state index contributed by atoms with van der Waals surface area (Å²) < 4.78 is 5.09. The van der Waals surface area contributed by atoms with Crippen molar-refractivity contribution in [2.24, 2.45) is 0 Å². The van der Waals surface area contributed by atoms with Crippen molar-refractivity contribution in [1.29, 1.82) is 0 Å². The fraction of sp³-hybridized carbons (Fsp3) is 0.360. The molecule has 1 saturated heterocycles. The van der Waals surface area contributed by atoms with Gasteiger partial charge in [-0.1, -0.05) is 6.07 Å². The average Bonchev–Trinajstić information content (AvgIpc) is 3.29. The number of ether oxygens (including phenoxy) is 1. The third-order valence-electron chi connectivity index (χ3n) is 5.96. The predicted molar refractivity (Wildman–Crippen MR) is 145 cm³/mol. The summed E-state index contributed by atoms with van der Waals surface area (Å²) in [4.78, 5) is 23.7. The van der Waals surface area contributed by atoms with Crippen molar-refractivity contribution in [3.8, 4) is 11.3 Å². The van der Waals surface area contributed by atoms with Crippen LogP contribution >= 0.6 is 12.4 Å². The molecule has 190 valence electrons. The van der Waals surface area contributed by atoms with E-state index < -0.39 is 0 Å². The molecular weight excluding hydrogens is 478 g/mol. The minimum Gasteiger partial charge on any atom is -0.385 e. The number of pyridine rings is 1. The van der Waals surface area contributed by atoms with Crippen LogP contribution in [0.2, 0.25) is 0 Å². The molecule has 5 rings (SSSR count). The Labute approximate surface area is 216 Å². The van der Waals surface area contributed by atoms with Crippen LogP contribution in [0.1, 0.15) is 12.0 Å². The summed E-state index contributed by atoms with van der Waals surface area (Å²) in [5.41, 5.74) is 4.88. The Hall–Kier alpha value is -3.31. The van der Waals surface area contributed by atoms with Gasteiger partial charge in [-0.05, 0) is 36.2 Å². The van der Waals surface area contributed by atoms with Gasteiger partial charge >= 0.3 is 0 Å². The smallest absolute Gasteiger partial charge is 0.206 e. The van der Waals surface area contributed by atoms with Crippen LogP contribution in [0.4, 0.5) is 17.6 Å². The number of halogens is 1. The molecule has 10 nitrogen and oxygen atoms in total. The molecule has 1 aromatic carbocycles.